The van der Waals surface area contributed by atoms with Gasteiger partial charge in [0, 0.05) is 22.5 Å². The molecule has 4 rings (SSSR count). The topological polar surface area (TPSA) is 15.8 Å². The molecule has 3 aromatic rings. The van der Waals surface area contributed by atoms with Crippen molar-refractivity contribution in [2.24, 2.45) is 0 Å². The predicted molar refractivity (Wildman–Crippen MR) is 93.5 cm³/mol. The monoisotopic (exact) mass is 307 g/mol. The molecule has 1 aromatic heterocycles. The zero-order valence-electron chi connectivity index (χ0n) is 13.7. The van der Waals surface area contributed by atoms with Gasteiger partial charge in [-0.15, -0.1) is 0 Å². The Balaban J connectivity index is 1.96. The molecule has 1 unspecified atom stereocenters. The number of benzene rings is 2. The number of aryl methyl sites for hydroxylation is 2. The van der Waals surface area contributed by atoms with E-state index in [0.29, 0.717) is 0 Å². The van der Waals surface area contributed by atoms with Crippen LogP contribution in [-0.2, 0) is 18.3 Å². The highest BCUT2D eigenvalue weighted by Crippen LogP contribution is 2.48. The smallest absolute Gasteiger partial charge is 0.123 e. The van der Waals surface area contributed by atoms with Crippen molar-refractivity contribution in [2.75, 3.05) is 0 Å². The molecule has 0 aliphatic heterocycles. The van der Waals surface area contributed by atoms with Crippen molar-refractivity contribution in [3.05, 3.63) is 70.7 Å². The van der Waals surface area contributed by atoms with Crippen molar-refractivity contribution in [3.8, 4) is 0 Å². The maximum absolute atomic E-state index is 13.6. The number of aromatic amines is 1. The third-order valence-electron chi connectivity index (χ3n) is 5.71. The SMILES string of the molecule is CCc1cccc2c(C3(CC)CCc4cc(F)ccc43)c[nH]c12. The number of hydrogen-bond acceptors (Lipinski definition) is 0. The lowest BCUT2D eigenvalue weighted by Gasteiger charge is -2.29. The number of hydrogen-bond donors (Lipinski definition) is 1. The molecule has 0 fully saturated rings. The molecule has 1 aliphatic rings. The molecule has 0 bridgehead atoms. The summed E-state index contributed by atoms with van der Waals surface area (Å²) in [6.07, 6.45) is 6.27. The molecular formula is C21H22FN. The highest BCUT2D eigenvalue weighted by molar-refractivity contribution is 5.88. The van der Waals surface area contributed by atoms with Crippen LogP contribution in [0.25, 0.3) is 10.9 Å². The van der Waals surface area contributed by atoms with Crippen molar-refractivity contribution in [1.29, 1.82) is 0 Å². The van der Waals surface area contributed by atoms with Gasteiger partial charge in [0.25, 0.3) is 0 Å². The van der Waals surface area contributed by atoms with E-state index in [0.717, 1.165) is 25.7 Å². The Hall–Kier alpha value is -2.09. The van der Waals surface area contributed by atoms with Crippen molar-refractivity contribution in [2.45, 2.75) is 44.9 Å². The molecule has 2 heteroatoms. The fraction of sp³-hybridized carbons (Fsp3) is 0.333. The average molecular weight is 307 g/mol. The molecule has 2 aromatic carbocycles. The van der Waals surface area contributed by atoms with E-state index in [1.165, 1.54) is 33.2 Å². The minimum absolute atomic E-state index is 0.00759. The highest BCUT2D eigenvalue weighted by Gasteiger charge is 2.40. The summed E-state index contributed by atoms with van der Waals surface area (Å²) in [7, 11) is 0. The van der Waals surface area contributed by atoms with Gasteiger partial charge in [0.15, 0.2) is 0 Å². The first-order valence-electron chi connectivity index (χ1n) is 8.58. The molecule has 23 heavy (non-hydrogen) atoms. The summed E-state index contributed by atoms with van der Waals surface area (Å²) in [5.74, 6) is -0.122. The molecule has 0 saturated heterocycles. The molecule has 1 aliphatic carbocycles. The van der Waals surface area contributed by atoms with E-state index in [-0.39, 0.29) is 11.2 Å². The van der Waals surface area contributed by atoms with Crippen LogP contribution in [0.1, 0.15) is 48.9 Å². The standard InChI is InChI=1S/C21H22FN/c1-3-14-6-5-7-17-19(13-23-20(14)17)21(4-2)11-10-15-12-16(22)8-9-18(15)21/h5-9,12-13,23H,3-4,10-11H2,1-2H3. The first kappa shape index (κ1) is 14.5. The zero-order valence-corrected chi connectivity index (χ0v) is 13.7. The van der Waals surface area contributed by atoms with E-state index < -0.39 is 0 Å². The summed E-state index contributed by atoms with van der Waals surface area (Å²) in [4.78, 5) is 3.51. The van der Waals surface area contributed by atoms with Gasteiger partial charge < -0.3 is 4.98 Å². The van der Waals surface area contributed by atoms with Crippen molar-refractivity contribution in [1.82, 2.24) is 4.98 Å². The second-order valence-corrected chi connectivity index (χ2v) is 6.63. The summed E-state index contributed by atoms with van der Waals surface area (Å²) in [5, 5.41) is 1.32. The lowest BCUT2D eigenvalue weighted by atomic mass is 9.73. The van der Waals surface area contributed by atoms with E-state index in [1.807, 2.05) is 6.07 Å². The van der Waals surface area contributed by atoms with Gasteiger partial charge in [0.1, 0.15) is 5.82 Å². The van der Waals surface area contributed by atoms with Crippen LogP contribution in [0.5, 0.6) is 0 Å². The van der Waals surface area contributed by atoms with Gasteiger partial charge in [0.2, 0.25) is 0 Å². The molecule has 1 atom stereocenters. The maximum atomic E-state index is 13.6. The van der Waals surface area contributed by atoms with E-state index in [9.17, 15) is 4.39 Å². The van der Waals surface area contributed by atoms with E-state index in [2.05, 4.69) is 43.2 Å². The molecule has 0 radical (unpaired) electrons. The van der Waals surface area contributed by atoms with E-state index in [1.54, 1.807) is 12.1 Å². The largest absolute Gasteiger partial charge is 0.361 e. The summed E-state index contributed by atoms with van der Waals surface area (Å²) in [6, 6.07) is 11.9. The number of para-hydroxylation sites is 1. The van der Waals surface area contributed by atoms with Gasteiger partial charge in [-0.25, -0.2) is 4.39 Å². The summed E-state index contributed by atoms with van der Waals surface area (Å²) in [5.41, 5.74) is 6.48. The maximum Gasteiger partial charge on any atom is 0.123 e. The van der Waals surface area contributed by atoms with Crippen LogP contribution in [0.15, 0.2) is 42.6 Å². The van der Waals surface area contributed by atoms with Gasteiger partial charge in [-0.2, -0.15) is 0 Å². The van der Waals surface area contributed by atoms with Crippen molar-refractivity contribution in [3.63, 3.8) is 0 Å². The van der Waals surface area contributed by atoms with E-state index >= 15 is 0 Å². The van der Waals surface area contributed by atoms with Crippen LogP contribution >= 0.6 is 0 Å². The normalized spacial score (nSPS) is 20.1. The quantitative estimate of drug-likeness (QED) is 0.656. The summed E-state index contributed by atoms with van der Waals surface area (Å²) in [6.45, 7) is 4.44. The molecule has 1 N–H and O–H groups in total. The average Bonchev–Trinajstić information content (AvgIpc) is 3.16. The Morgan fingerprint density at radius 1 is 1.13 bits per heavy atom. The fourth-order valence-electron chi connectivity index (χ4n) is 4.46. The van der Waals surface area contributed by atoms with Gasteiger partial charge in [-0.3, -0.25) is 0 Å². The number of H-pyrrole nitrogens is 1. The highest BCUT2D eigenvalue weighted by atomic mass is 19.1. The summed E-state index contributed by atoms with van der Waals surface area (Å²) >= 11 is 0. The minimum atomic E-state index is -0.122. The Bertz CT molecular complexity index is 877. The number of rotatable bonds is 3. The Morgan fingerprint density at radius 3 is 2.78 bits per heavy atom. The second-order valence-electron chi connectivity index (χ2n) is 6.63. The van der Waals surface area contributed by atoms with E-state index in [4.69, 9.17) is 0 Å². The van der Waals surface area contributed by atoms with Gasteiger partial charge >= 0.3 is 0 Å². The Kier molecular flexibility index (Phi) is 3.29. The van der Waals surface area contributed by atoms with Gasteiger partial charge in [-0.05, 0) is 60.1 Å². The van der Waals surface area contributed by atoms with Gasteiger partial charge in [0.05, 0.1) is 0 Å². The molecule has 1 nitrogen and oxygen atoms in total. The Morgan fingerprint density at radius 2 is 2.00 bits per heavy atom. The lowest BCUT2D eigenvalue weighted by molar-refractivity contribution is 0.496. The number of aromatic nitrogens is 1. The number of nitrogens with one attached hydrogen (secondary N) is 1. The minimum Gasteiger partial charge on any atom is -0.361 e. The van der Waals surface area contributed by atoms with Crippen molar-refractivity contribution < 1.29 is 4.39 Å². The lowest BCUT2D eigenvalue weighted by Crippen LogP contribution is -2.23. The summed E-state index contributed by atoms with van der Waals surface area (Å²) < 4.78 is 13.6. The molecule has 0 amide bonds. The molecule has 0 saturated carbocycles. The molecular weight excluding hydrogens is 285 g/mol. The molecule has 118 valence electrons. The third kappa shape index (κ3) is 1.97. The third-order valence-corrected chi connectivity index (χ3v) is 5.71. The second kappa shape index (κ2) is 5.23. The first-order chi connectivity index (χ1) is 11.2. The predicted octanol–water partition coefficient (Wildman–Crippen LogP) is 5.51. The van der Waals surface area contributed by atoms with Crippen molar-refractivity contribution >= 4 is 10.9 Å². The number of fused-ring (bicyclic) bond motifs is 2. The first-order valence-corrected chi connectivity index (χ1v) is 8.58. The van der Waals surface area contributed by atoms with Gasteiger partial charge in [-0.1, -0.05) is 38.1 Å². The van der Waals surface area contributed by atoms with Crippen LogP contribution in [-0.4, -0.2) is 4.98 Å². The van der Waals surface area contributed by atoms with Crippen LogP contribution in [0, 0.1) is 5.82 Å². The van der Waals surface area contributed by atoms with Crippen LogP contribution in [0.2, 0.25) is 0 Å². The van der Waals surface area contributed by atoms with Crippen LogP contribution in [0.3, 0.4) is 0 Å². The number of halogens is 1. The zero-order chi connectivity index (χ0) is 16.0. The fourth-order valence-corrected chi connectivity index (χ4v) is 4.46. The van der Waals surface area contributed by atoms with Crippen LogP contribution in [0.4, 0.5) is 4.39 Å². The van der Waals surface area contributed by atoms with Crippen LogP contribution < -0.4 is 0 Å². The molecule has 0 spiro atoms. The Labute approximate surface area is 136 Å². The molecule has 1 heterocycles.